The lowest BCUT2D eigenvalue weighted by Gasteiger charge is -2.16. The van der Waals surface area contributed by atoms with E-state index < -0.39 is 39.8 Å². The quantitative estimate of drug-likeness (QED) is 0.239. The third-order valence-electron chi connectivity index (χ3n) is 6.60. The van der Waals surface area contributed by atoms with Gasteiger partial charge in [-0.2, -0.15) is 10.5 Å². The number of rotatable bonds is 7. The summed E-state index contributed by atoms with van der Waals surface area (Å²) in [6, 6.07) is 9.05. The number of alkyl halides is 2. The second kappa shape index (κ2) is 10.8. The number of thiophene rings is 1. The van der Waals surface area contributed by atoms with Gasteiger partial charge in [-0.25, -0.2) is 18.2 Å². The highest BCUT2D eigenvalue weighted by atomic mass is 35.5. The summed E-state index contributed by atoms with van der Waals surface area (Å²) in [5, 5.41) is 25.5. The minimum atomic E-state index is -3.15. The van der Waals surface area contributed by atoms with Crippen LogP contribution in [0.3, 0.4) is 0 Å². The molecule has 6 rings (SSSR count). The predicted octanol–water partition coefficient (Wildman–Crippen LogP) is 5.84. The van der Waals surface area contributed by atoms with Crippen LogP contribution in [-0.4, -0.2) is 41.8 Å². The molecule has 2 aromatic carbocycles. The minimum Gasteiger partial charge on any atom is -0.491 e. The van der Waals surface area contributed by atoms with Crippen LogP contribution in [0, 0.1) is 24.1 Å². The first-order valence-electron chi connectivity index (χ1n) is 12.2. The normalized spacial score (nSPS) is 11.5. The summed E-state index contributed by atoms with van der Waals surface area (Å²) in [7, 11) is 0. The van der Waals surface area contributed by atoms with Gasteiger partial charge >= 0.3 is 0 Å². The second-order valence-electron chi connectivity index (χ2n) is 8.98. The maximum atomic E-state index is 14.6. The molecule has 0 amide bonds. The molecule has 0 unspecified atom stereocenters. The lowest BCUT2D eigenvalue weighted by atomic mass is 10.0. The number of nitrogens with one attached hydrogen (secondary N) is 1. The molecule has 0 spiro atoms. The number of ether oxygens (including phenoxy) is 1. The molecule has 1 N–H and O–H groups in total. The average molecular weight is 609 g/mol. The van der Waals surface area contributed by atoms with Crippen LogP contribution in [0.1, 0.15) is 23.4 Å². The summed E-state index contributed by atoms with van der Waals surface area (Å²) < 4.78 is 49.7. The second-order valence-corrected chi connectivity index (χ2v) is 10.3. The van der Waals surface area contributed by atoms with Crippen molar-refractivity contribution in [1.29, 1.82) is 5.26 Å². The van der Waals surface area contributed by atoms with Gasteiger partial charge in [0.2, 0.25) is 5.82 Å². The smallest absolute Gasteiger partial charge is 0.265 e. The summed E-state index contributed by atoms with van der Waals surface area (Å²) in [4.78, 5) is 21.9. The van der Waals surface area contributed by atoms with E-state index in [-0.39, 0.29) is 19.0 Å². The fraction of sp³-hybridized carbons (Fsp3) is 0.148. The SMILES string of the molecule is Cc1nc2c(F)cc(C(F)F)c(C#N)c2c(=O)n1CCOc1ccc(Cl)cc1-c1ccnc2c(-c3nn[nH]n3)csc12. The van der Waals surface area contributed by atoms with Gasteiger partial charge in [0, 0.05) is 33.3 Å². The van der Waals surface area contributed by atoms with Gasteiger partial charge in [-0.05, 0) is 42.5 Å². The molecule has 4 aromatic heterocycles. The molecule has 0 radical (unpaired) electrons. The Hall–Kier alpha value is -4.87. The number of hydrogen-bond acceptors (Lipinski definition) is 9. The van der Waals surface area contributed by atoms with Gasteiger partial charge in [0.1, 0.15) is 35.6 Å². The fourth-order valence-electron chi connectivity index (χ4n) is 4.70. The molecular formula is C27H16ClF3N8O2S. The number of fused-ring (bicyclic) bond motifs is 2. The summed E-state index contributed by atoms with van der Waals surface area (Å²) in [6.45, 7) is 1.37. The highest BCUT2D eigenvalue weighted by Crippen LogP contribution is 2.41. The fourth-order valence-corrected chi connectivity index (χ4v) is 5.91. The van der Waals surface area contributed by atoms with E-state index >= 15 is 0 Å². The largest absolute Gasteiger partial charge is 0.491 e. The molecule has 0 aliphatic heterocycles. The maximum Gasteiger partial charge on any atom is 0.265 e. The number of aryl methyl sites for hydroxylation is 1. The number of H-pyrrole nitrogens is 1. The first-order chi connectivity index (χ1) is 20.3. The van der Waals surface area contributed by atoms with Gasteiger partial charge in [-0.15, -0.1) is 21.5 Å². The van der Waals surface area contributed by atoms with Crippen LogP contribution in [-0.2, 0) is 6.54 Å². The Balaban J connectivity index is 1.36. The highest BCUT2D eigenvalue weighted by Gasteiger charge is 2.24. The van der Waals surface area contributed by atoms with E-state index in [4.69, 9.17) is 16.3 Å². The van der Waals surface area contributed by atoms with Gasteiger partial charge in [-0.1, -0.05) is 11.6 Å². The number of nitriles is 1. The van der Waals surface area contributed by atoms with Gasteiger partial charge < -0.3 is 4.74 Å². The van der Waals surface area contributed by atoms with Crippen molar-refractivity contribution in [1.82, 2.24) is 35.2 Å². The topological polar surface area (TPSA) is 135 Å². The van der Waals surface area contributed by atoms with E-state index in [0.29, 0.717) is 39.3 Å². The third-order valence-corrected chi connectivity index (χ3v) is 7.84. The molecule has 10 nitrogen and oxygen atoms in total. The number of tetrazole rings is 1. The van der Waals surface area contributed by atoms with Crippen molar-refractivity contribution in [3.63, 3.8) is 0 Å². The number of nitrogens with zero attached hydrogens (tertiary/aromatic N) is 7. The molecule has 0 saturated carbocycles. The number of halogens is 4. The molecule has 4 heterocycles. The molecule has 6 aromatic rings. The van der Waals surface area contributed by atoms with E-state index in [0.717, 1.165) is 14.8 Å². The zero-order chi connectivity index (χ0) is 29.5. The van der Waals surface area contributed by atoms with E-state index in [9.17, 15) is 23.2 Å². The van der Waals surface area contributed by atoms with Crippen LogP contribution in [0.2, 0.25) is 5.02 Å². The third kappa shape index (κ3) is 4.62. The molecular weight excluding hydrogens is 593 g/mol. The number of aromatic nitrogens is 7. The first-order valence-corrected chi connectivity index (χ1v) is 13.5. The van der Waals surface area contributed by atoms with Crippen LogP contribution in [0.25, 0.3) is 43.6 Å². The van der Waals surface area contributed by atoms with Crippen LogP contribution < -0.4 is 10.3 Å². The lowest BCUT2D eigenvalue weighted by molar-refractivity contribution is 0.151. The van der Waals surface area contributed by atoms with Crippen LogP contribution in [0.5, 0.6) is 5.75 Å². The predicted molar refractivity (Wildman–Crippen MR) is 149 cm³/mol. The Bertz CT molecular complexity index is 2090. The number of hydrogen-bond donors (Lipinski definition) is 1. The Kier molecular flexibility index (Phi) is 7.05. The lowest BCUT2D eigenvalue weighted by Crippen LogP contribution is -2.27. The Morgan fingerprint density at radius 2 is 2.02 bits per heavy atom. The summed E-state index contributed by atoms with van der Waals surface area (Å²) in [6.07, 6.45) is -1.51. The minimum absolute atomic E-state index is 0.0474. The average Bonchev–Trinajstić information content (AvgIpc) is 3.66. The van der Waals surface area contributed by atoms with E-state index in [1.165, 1.54) is 18.3 Å². The molecule has 0 saturated heterocycles. The van der Waals surface area contributed by atoms with Crippen molar-refractivity contribution in [3.8, 4) is 34.3 Å². The number of pyridine rings is 1. The van der Waals surface area contributed by atoms with E-state index in [1.807, 2.05) is 11.4 Å². The summed E-state index contributed by atoms with van der Waals surface area (Å²) >= 11 is 7.78. The van der Waals surface area contributed by atoms with Gasteiger partial charge in [0.15, 0.2) is 0 Å². The standard InChI is InChI=1S/C27H16ClF3N8O2S/c1-12-34-23-19(29)9-16(25(30)31)17(10-32)21(23)27(40)39(12)6-7-41-20-3-2-13(28)8-15(20)14-4-5-33-22-18(11-42-24(14)22)26-35-37-38-36-26/h2-5,8-9,11,25H,6-7H2,1H3,(H,35,36,37,38). The highest BCUT2D eigenvalue weighted by molar-refractivity contribution is 7.18. The number of benzene rings is 2. The zero-order valence-corrected chi connectivity index (χ0v) is 23.0. The van der Waals surface area contributed by atoms with Crippen molar-refractivity contribution in [2.75, 3.05) is 6.61 Å². The Morgan fingerprint density at radius 3 is 2.76 bits per heavy atom. The van der Waals surface area contributed by atoms with Crippen molar-refractivity contribution in [3.05, 3.63) is 80.1 Å². The molecule has 210 valence electrons. The molecule has 42 heavy (non-hydrogen) atoms. The molecule has 0 aliphatic carbocycles. The first kappa shape index (κ1) is 27.3. The monoisotopic (exact) mass is 608 g/mol. The van der Waals surface area contributed by atoms with Crippen LogP contribution >= 0.6 is 22.9 Å². The molecule has 15 heteroatoms. The van der Waals surface area contributed by atoms with E-state index in [1.54, 1.807) is 30.5 Å². The molecule has 0 bridgehead atoms. The molecule has 0 aliphatic rings. The maximum absolute atomic E-state index is 14.6. The Morgan fingerprint density at radius 1 is 1.19 bits per heavy atom. The van der Waals surface area contributed by atoms with Crippen molar-refractivity contribution >= 4 is 44.1 Å². The van der Waals surface area contributed by atoms with E-state index in [2.05, 4.69) is 30.6 Å². The van der Waals surface area contributed by atoms with Crippen molar-refractivity contribution in [2.45, 2.75) is 19.9 Å². The van der Waals surface area contributed by atoms with Crippen molar-refractivity contribution in [2.24, 2.45) is 0 Å². The summed E-state index contributed by atoms with van der Waals surface area (Å²) in [5.41, 5.74) is 0.0891. The van der Waals surface area contributed by atoms with Gasteiger partial charge in [0.25, 0.3) is 12.0 Å². The molecule has 0 fully saturated rings. The summed E-state index contributed by atoms with van der Waals surface area (Å²) in [5.74, 6) is -0.125. The Labute approximate surface area is 243 Å². The zero-order valence-electron chi connectivity index (χ0n) is 21.4. The van der Waals surface area contributed by atoms with Crippen LogP contribution in [0.4, 0.5) is 13.2 Å². The van der Waals surface area contributed by atoms with Crippen molar-refractivity contribution < 1.29 is 17.9 Å². The number of aromatic amines is 1. The van der Waals surface area contributed by atoms with Crippen LogP contribution in [0.15, 0.2) is 46.7 Å². The molecule has 0 atom stereocenters. The van der Waals surface area contributed by atoms with Gasteiger partial charge in [-0.3, -0.25) is 14.3 Å². The van der Waals surface area contributed by atoms with Gasteiger partial charge in [0.05, 0.1) is 33.3 Å².